The van der Waals surface area contributed by atoms with Crippen LogP contribution < -0.4 is 5.73 Å². The van der Waals surface area contributed by atoms with Gasteiger partial charge in [0.2, 0.25) is 5.72 Å². The molecule has 16 heavy (non-hydrogen) atoms. The lowest BCUT2D eigenvalue weighted by molar-refractivity contribution is -0.158. The van der Waals surface area contributed by atoms with Gasteiger partial charge in [0.15, 0.2) is 0 Å². The van der Waals surface area contributed by atoms with Crippen molar-refractivity contribution in [1.29, 1.82) is 0 Å². The van der Waals surface area contributed by atoms with E-state index in [1.54, 1.807) is 13.8 Å². The minimum Gasteiger partial charge on any atom is -0.481 e. The summed E-state index contributed by atoms with van der Waals surface area (Å²) in [6.07, 6.45) is 0.991. The van der Waals surface area contributed by atoms with Gasteiger partial charge in [-0.1, -0.05) is 0 Å². The minimum absolute atomic E-state index is 0.477. The Balaban J connectivity index is 2.61. The molecule has 0 radical (unpaired) electrons. The van der Waals surface area contributed by atoms with Crippen LogP contribution in [0.2, 0.25) is 0 Å². The number of aliphatic carboxylic acids is 1. The van der Waals surface area contributed by atoms with E-state index in [0.29, 0.717) is 5.57 Å². The summed E-state index contributed by atoms with van der Waals surface area (Å²) >= 11 is 0. The molecule has 1 unspecified atom stereocenters. The zero-order chi connectivity index (χ0) is 12.3. The first kappa shape index (κ1) is 12.3. The number of nitrogens with two attached hydrogens (primary N) is 1. The van der Waals surface area contributed by atoms with Crippen molar-refractivity contribution in [2.75, 3.05) is 0 Å². The predicted octanol–water partition coefficient (Wildman–Crippen LogP) is 0.417. The summed E-state index contributed by atoms with van der Waals surface area (Å²) in [6, 6.07) is -1.20. The zero-order valence-corrected chi connectivity index (χ0v) is 9.01. The first-order valence-corrected chi connectivity index (χ1v) is 4.64. The summed E-state index contributed by atoms with van der Waals surface area (Å²) in [5, 5.41) is 15.8. The fraction of sp³-hybridized carbons (Fsp3) is 0.556. The topological polar surface area (TPSA) is 114 Å². The summed E-state index contributed by atoms with van der Waals surface area (Å²) in [6.45, 7) is 3.26. The van der Waals surface area contributed by atoms with Gasteiger partial charge in [-0.2, -0.15) is 5.11 Å². The van der Waals surface area contributed by atoms with Gasteiger partial charge >= 0.3 is 11.9 Å². The highest BCUT2D eigenvalue weighted by molar-refractivity contribution is 5.82. The van der Waals surface area contributed by atoms with Gasteiger partial charge in [-0.05, 0) is 6.92 Å². The SMILES string of the molecule is CC1=CN=NC1(C)OC(=O)[C@@H](N)CC(=O)O. The third kappa shape index (κ3) is 2.63. The fourth-order valence-corrected chi connectivity index (χ4v) is 1.07. The van der Waals surface area contributed by atoms with Crippen molar-refractivity contribution in [3.05, 3.63) is 11.8 Å². The monoisotopic (exact) mass is 227 g/mol. The lowest BCUT2D eigenvalue weighted by atomic mass is 10.1. The summed E-state index contributed by atoms with van der Waals surface area (Å²) in [5.41, 5.74) is 4.85. The van der Waals surface area contributed by atoms with E-state index in [1.165, 1.54) is 6.20 Å². The van der Waals surface area contributed by atoms with Crippen LogP contribution in [0.4, 0.5) is 0 Å². The zero-order valence-electron chi connectivity index (χ0n) is 9.01. The molecule has 2 atom stereocenters. The average Bonchev–Trinajstić information content (AvgIpc) is 2.45. The highest BCUT2D eigenvalue weighted by atomic mass is 16.6. The first-order valence-electron chi connectivity index (χ1n) is 4.64. The number of esters is 1. The van der Waals surface area contributed by atoms with Gasteiger partial charge < -0.3 is 15.6 Å². The highest BCUT2D eigenvalue weighted by Crippen LogP contribution is 2.28. The molecule has 1 heterocycles. The van der Waals surface area contributed by atoms with E-state index in [2.05, 4.69) is 10.2 Å². The molecule has 1 rings (SSSR count). The Hall–Kier alpha value is -1.76. The molecule has 0 amide bonds. The Bertz CT molecular complexity index is 377. The molecule has 0 fully saturated rings. The standard InChI is InChI=1S/C9H13N3O4/c1-5-4-11-12-9(5,2)16-8(15)6(10)3-7(13)14/h4,6H,3,10H2,1-2H3,(H,13,14)/t6-,9?/m0/s1. The second-order valence-corrected chi connectivity index (χ2v) is 3.64. The van der Waals surface area contributed by atoms with Crippen molar-refractivity contribution >= 4 is 11.9 Å². The van der Waals surface area contributed by atoms with Gasteiger partial charge in [0.05, 0.1) is 12.6 Å². The van der Waals surface area contributed by atoms with E-state index >= 15 is 0 Å². The van der Waals surface area contributed by atoms with Crippen molar-refractivity contribution in [1.82, 2.24) is 0 Å². The third-order valence-corrected chi connectivity index (χ3v) is 2.23. The first-order chi connectivity index (χ1) is 7.35. The molecule has 0 bridgehead atoms. The molecular weight excluding hydrogens is 214 g/mol. The molecule has 7 heteroatoms. The highest BCUT2D eigenvalue weighted by Gasteiger charge is 2.35. The molecular formula is C9H13N3O4. The molecule has 88 valence electrons. The number of carboxylic acids is 1. The third-order valence-electron chi connectivity index (χ3n) is 2.23. The maximum absolute atomic E-state index is 11.4. The number of hydrogen-bond donors (Lipinski definition) is 2. The fourth-order valence-electron chi connectivity index (χ4n) is 1.07. The number of carbonyl (C=O) groups is 2. The van der Waals surface area contributed by atoms with Crippen molar-refractivity contribution in [2.45, 2.75) is 32.0 Å². The molecule has 1 aliphatic rings. The van der Waals surface area contributed by atoms with E-state index in [-0.39, 0.29) is 0 Å². The Morgan fingerprint density at radius 1 is 1.69 bits per heavy atom. The molecule has 0 aromatic heterocycles. The normalized spacial score (nSPS) is 25.1. The molecule has 0 saturated carbocycles. The number of carbonyl (C=O) groups excluding carboxylic acids is 1. The number of azo groups is 1. The van der Waals surface area contributed by atoms with Crippen LogP contribution in [0.3, 0.4) is 0 Å². The number of rotatable bonds is 4. The van der Waals surface area contributed by atoms with Crippen LogP contribution in [0.5, 0.6) is 0 Å². The molecule has 0 spiro atoms. The second kappa shape index (κ2) is 4.40. The maximum atomic E-state index is 11.4. The van der Waals surface area contributed by atoms with Gasteiger partial charge in [0.25, 0.3) is 0 Å². The van der Waals surface area contributed by atoms with Gasteiger partial charge in [-0.3, -0.25) is 9.59 Å². The van der Waals surface area contributed by atoms with E-state index < -0.39 is 30.1 Å². The van der Waals surface area contributed by atoms with Crippen LogP contribution in [0.25, 0.3) is 0 Å². The van der Waals surface area contributed by atoms with Gasteiger partial charge in [0, 0.05) is 12.5 Å². The number of hydrogen-bond acceptors (Lipinski definition) is 6. The maximum Gasteiger partial charge on any atom is 0.325 e. The Kier molecular flexibility index (Phi) is 3.38. The van der Waals surface area contributed by atoms with Crippen molar-refractivity contribution in [2.24, 2.45) is 16.0 Å². The largest absolute Gasteiger partial charge is 0.481 e. The predicted molar refractivity (Wildman–Crippen MR) is 53.3 cm³/mol. The number of ether oxygens (including phenoxy) is 1. The number of carboxylic acid groups (broad SMARTS) is 1. The smallest absolute Gasteiger partial charge is 0.325 e. The molecule has 3 N–H and O–H groups in total. The number of nitrogens with zero attached hydrogens (tertiary/aromatic N) is 2. The minimum atomic E-state index is -1.20. The Morgan fingerprint density at radius 2 is 2.31 bits per heavy atom. The molecule has 1 aliphatic heterocycles. The summed E-state index contributed by atoms with van der Waals surface area (Å²) in [7, 11) is 0. The van der Waals surface area contributed by atoms with E-state index in [1.807, 2.05) is 0 Å². The summed E-state index contributed by atoms with van der Waals surface area (Å²) < 4.78 is 5.02. The Morgan fingerprint density at radius 3 is 2.75 bits per heavy atom. The van der Waals surface area contributed by atoms with E-state index in [4.69, 9.17) is 15.6 Å². The van der Waals surface area contributed by atoms with Gasteiger partial charge in [-0.25, -0.2) is 0 Å². The molecule has 0 aliphatic carbocycles. The summed E-state index contributed by atoms with van der Waals surface area (Å²) in [4.78, 5) is 21.8. The van der Waals surface area contributed by atoms with E-state index in [0.717, 1.165) is 0 Å². The summed E-state index contributed by atoms with van der Waals surface area (Å²) in [5.74, 6) is -1.96. The quantitative estimate of drug-likeness (QED) is 0.675. The van der Waals surface area contributed by atoms with Crippen molar-refractivity contribution < 1.29 is 19.4 Å². The van der Waals surface area contributed by atoms with Crippen molar-refractivity contribution in [3.8, 4) is 0 Å². The van der Waals surface area contributed by atoms with Crippen LogP contribution in [0.1, 0.15) is 20.3 Å². The van der Waals surface area contributed by atoms with Crippen LogP contribution in [-0.4, -0.2) is 28.8 Å². The van der Waals surface area contributed by atoms with Gasteiger partial charge in [-0.15, -0.1) is 5.11 Å². The lowest BCUT2D eigenvalue weighted by Crippen LogP contribution is -2.40. The lowest BCUT2D eigenvalue weighted by Gasteiger charge is -2.23. The molecule has 7 nitrogen and oxygen atoms in total. The second-order valence-electron chi connectivity index (χ2n) is 3.64. The molecule has 0 aromatic rings. The van der Waals surface area contributed by atoms with Crippen molar-refractivity contribution in [3.63, 3.8) is 0 Å². The molecule has 0 aromatic carbocycles. The van der Waals surface area contributed by atoms with Gasteiger partial charge in [0.1, 0.15) is 6.04 Å². The van der Waals surface area contributed by atoms with Crippen LogP contribution in [0.15, 0.2) is 22.0 Å². The molecule has 0 saturated heterocycles. The van der Waals surface area contributed by atoms with Crippen LogP contribution in [0, 0.1) is 0 Å². The van der Waals surface area contributed by atoms with Crippen LogP contribution in [-0.2, 0) is 14.3 Å². The van der Waals surface area contributed by atoms with Crippen LogP contribution >= 0.6 is 0 Å². The average molecular weight is 227 g/mol. The Labute approximate surface area is 92.0 Å². The van der Waals surface area contributed by atoms with E-state index in [9.17, 15) is 9.59 Å².